The number of carbonyl (C=O) groups excluding carboxylic acids is 1. The number of nitrogens with one attached hydrogen (secondary N) is 2. The molecule has 0 aliphatic rings. The first-order valence-corrected chi connectivity index (χ1v) is 6.61. The topological polar surface area (TPSA) is 41.1 Å². The Kier molecular flexibility index (Phi) is 4.72. The van der Waals surface area contributed by atoms with Crippen molar-refractivity contribution in [2.24, 2.45) is 0 Å². The molecule has 0 aliphatic heterocycles. The average molecular weight is 284 g/mol. The van der Waals surface area contributed by atoms with E-state index in [1.165, 1.54) is 18.3 Å². The van der Waals surface area contributed by atoms with E-state index in [1.807, 2.05) is 32.0 Å². The van der Waals surface area contributed by atoms with Gasteiger partial charge in [0.2, 0.25) is 0 Å². The monoisotopic (exact) mass is 284 g/mol. The fraction of sp³-hybridized carbons (Fsp3) is 0.118. The van der Waals surface area contributed by atoms with Crippen molar-refractivity contribution in [2.45, 2.75) is 13.8 Å². The minimum absolute atomic E-state index is 0.285. The van der Waals surface area contributed by atoms with Gasteiger partial charge in [-0.3, -0.25) is 0 Å². The summed E-state index contributed by atoms with van der Waals surface area (Å²) in [4.78, 5) is 11.7. The third-order valence-corrected chi connectivity index (χ3v) is 2.84. The summed E-state index contributed by atoms with van der Waals surface area (Å²) in [6, 6.07) is 11.5. The highest BCUT2D eigenvalue weighted by Gasteiger charge is 2.00. The molecule has 108 valence electrons. The zero-order valence-electron chi connectivity index (χ0n) is 12.0. The summed E-state index contributed by atoms with van der Waals surface area (Å²) in [6.07, 6.45) is 3.21. The Hall–Kier alpha value is -2.62. The number of benzene rings is 2. The zero-order valence-corrected chi connectivity index (χ0v) is 12.0. The highest BCUT2D eigenvalue weighted by molar-refractivity contribution is 5.90. The first kappa shape index (κ1) is 14.8. The lowest BCUT2D eigenvalue weighted by atomic mass is 10.1. The van der Waals surface area contributed by atoms with Crippen LogP contribution in [-0.4, -0.2) is 6.03 Å². The summed E-state index contributed by atoms with van der Waals surface area (Å²) in [7, 11) is 0. The number of halogens is 1. The maximum atomic E-state index is 12.7. The van der Waals surface area contributed by atoms with E-state index in [0.29, 0.717) is 0 Å². The number of carbonyl (C=O) groups is 1. The molecule has 21 heavy (non-hydrogen) atoms. The van der Waals surface area contributed by atoms with Gasteiger partial charge in [-0.25, -0.2) is 9.18 Å². The fourth-order valence-electron chi connectivity index (χ4n) is 2.00. The molecule has 0 unspecified atom stereocenters. The molecule has 0 bridgehead atoms. The van der Waals surface area contributed by atoms with Crippen molar-refractivity contribution in [1.82, 2.24) is 5.32 Å². The largest absolute Gasteiger partial charge is 0.323 e. The molecule has 3 nitrogen and oxygen atoms in total. The zero-order chi connectivity index (χ0) is 15.2. The van der Waals surface area contributed by atoms with Gasteiger partial charge in [0, 0.05) is 11.9 Å². The molecule has 0 heterocycles. The van der Waals surface area contributed by atoms with Crippen molar-refractivity contribution in [3.63, 3.8) is 0 Å². The first-order valence-electron chi connectivity index (χ1n) is 6.61. The summed E-state index contributed by atoms with van der Waals surface area (Å²) in [5.74, 6) is -0.285. The lowest BCUT2D eigenvalue weighted by Gasteiger charge is -2.07. The minimum Gasteiger partial charge on any atom is -0.314 e. The molecule has 4 heteroatoms. The lowest BCUT2D eigenvalue weighted by Crippen LogP contribution is -2.23. The summed E-state index contributed by atoms with van der Waals surface area (Å²) in [6.45, 7) is 3.95. The number of rotatable bonds is 3. The van der Waals surface area contributed by atoms with Crippen LogP contribution in [-0.2, 0) is 0 Å². The van der Waals surface area contributed by atoms with E-state index < -0.39 is 0 Å². The highest BCUT2D eigenvalue weighted by atomic mass is 19.1. The molecule has 0 atom stereocenters. The van der Waals surface area contributed by atoms with Crippen LogP contribution >= 0.6 is 0 Å². The van der Waals surface area contributed by atoms with E-state index in [2.05, 4.69) is 10.6 Å². The SMILES string of the molecule is Cc1cc(C)cc(NC(=O)N/C=C/c2ccc(F)cc2)c1. The maximum absolute atomic E-state index is 12.7. The molecule has 2 rings (SSSR count). The third-order valence-electron chi connectivity index (χ3n) is 2.84. The molecule has 0 aromatic heterocycles. The van der Waals surface area contributed by atoms with E-state index in [0.717, 1.165) is 22.4 Å². The van der Waals surface area contributed by atoms with E-state index >= 15 is 0 Å². The van der Waals surface area contributed by atoms with Crippen molar-refractivity contribution >= 4 is 17.8 Å². The molecular formula is C17H17FN2O. The van der Waals surface area contributed by atoms with Gasteiger partial charge in [-0.05, 0) is 60.9 Å². The normalized spacial score (nSPS) is 10.6. The maximum Gasteiger partial charge on any atom is 0.323 e. The summed E-state index contributed by atoms with van der Waals surface area (Å²) >= 11 is 0. The smallest absolute Gasteiger partial charge is 0.314 e. The van der Waals surface area contributed by atoms with Gasteiger partial charge in [0.15, 0.2) is 0 Å². The van der Waals surface area contributed by atoms with E-state index in [-0.39, 0.29) is 11.8 Å². The van der Waals surface area contributed by atoms with Crippen molar-refractivity contribution < 1.29 is 9.18 Å². The predicted octanol–water partition coefficient (Wildman–Crippen LogP) is 4.23. The van der Waals surface area contributed by atoms with Crippen LogP contribution < -0.4 is 10.6 Å². The second kappa shape index (κ2) is 6.70. The summed E-state index contributed by atoms with van der Waals surface area (Å²) in [5.41, 5.74) is 3.74. The standard InChI is InChI=1S/C17H17FN2O/c1-12-9-13(2)11-16(10-12)20-17(21)19-8-7-14-3-5-15(18)6-4-14/h3-11H,1-2H3,(H2,19,20,21)/b8-7+. The van der Waals surface area contributed by atoms with Crippen LogP contribution in [0.25, 0.3) is 6.08 Å². The Morgan fingerprint density at radius 1 is 1.05 bits per heavy atom. The minimum atomic E-state index is -0.321. The molecule has 2 amide bonds. The fourth-order valence-corrected chi connectivity index (χ4v) is 2.00. The van der Waals surface area contributed by atoms with Gasteiger partial charge >= 0.3 is 6.03 Å². The number of hydrogen-bond donors (Lipinski definition) is 2. The molecule has 0 radical (unpaired) electrons. The molecule has 0 fully saturated rings. The predicted molar refractivity (Wildman–Crippen MR) is 83.5 cm³/mol. The number of anilines is 1. The Labute approximate surface area is 123 Å². The van der Waals surface area contributed by atoms with E-state index in [4.69, 9.17) is 0 Å². The Morgan fingerprint density at radius 3 is 2.29 bits per heavy atom. The van der Waals surface area contributed by atoms with Gasteiger partial charge in [-0.1, -0.05) is 18.2 Å². The van der Waals surface area contributed by atoms with Gasteiger partial charge in [0.1, 0.15) is 5.82 Å². The average Bonchev–Trinajstić information content (AvgIpc) is 2.39. The summed E-state index contributed by atoms with van der Waals surface area (Å²) in [5, 5.41) is 5.37. The van der Waals surface area contributed by atoms with Crippen molar-refractivity contribution in [3.8, 4) is 0 Å². The second-order valence-electron chi connectivity index (χ2n) is 4.86. The molecule has 2 aromatic rings. The van der Waals surface area contributed by atoms with Crippen molar-refractivity contribution in [2.75, 3.05) is 5.32 Å². The molecule has 2 N–H and O–H groups in total. The van der Waals surface area contributed by atoms with Crippen LogP contribution in [0.1, 0.15) is 16.7 Å². The number of hydrogen-bond acceptors (Lipinski definition) is 1. The van der Waals surface area contributed by atoms with Gasteiger partial charge in [-0.15, -0.1) is 0 Å². The lowest BCUT2D eigenvalue weighted by molar-refractivity contribution is 0.255. The number of aryl methyl sites for hydroxylation is 2. The Bertz CT molecular complexity index is 643. The molecule has 2 aromatic carbocycles. The Morgan fingerprint density at radius 2 is 1.67 bits per heavy atom. The van der Waals surface area contributed by atoms with Gasteiger partial charge in [0.05, 0.1) is 0 Å². The van der Waals surface area contributed by atoms with Crippen LogP contribution in [0.4, 0.5) is 14.9 Å². The molecule has 0 saturated heterocycles. The van der Waals surface area contributed by atoms with Crippen LogP contribution in [0.5, 0.6) is 0 Å². The van der Waals surface area contributed by atoms with Gasteiger partial charge in [-0.2, -0.15) is 0 Å². The quantitative estimate of drug-likeness (QED) is 0.870. The van der Waals surface area contributed by atoms with Crippen LogP contribution in [0, 0.1) is 19.7 Å². The molecular weight excluding hydrogens is 267 g/mol. The van der Waals surface area contributed by atoms with Crippen molar-refractivity contribution in [3.05, 3.63) is 71.2 Å². The second-order valence-corrected chi connectivity index (χ2v) is 4.86. The van der Waals surface area contributed by atoms with E-state index in [1.54, 1.807) is 18.2 Å². The summed E-state index contributed by atoms with van der Waals surface area (Å²) < 4.78 is 12.7. The van der Waals surface area contributed by atoms with Crippen LogP contribution in [0.3, 0.4) is 0 Å². The number of urea groups is 1. The molecule has 0 aliphatic carbocycles. The first-order chi connectivity index (χ1) is 10.0. The van der Waals surface area contributed by atoms with Crippen LogP contribution in [0.15, 0.2) is 48.7 Å². The molecule has 0 saturated carbocycles. The third kappa shape index (κ3) is 4.76. The van der Waals surface area contributed by atoms with E-state index in [9.17, 15) is 9.18 Å². The van der Waals surface area contributed by atoms with Crippen LogP contribution in [0.2, 0.25) is 0 Å². The van der Waals surface area contributed by atoms with Crippen molar-refractivity contribution in [1.29, 1.82) is 0 Å². The number of amides is 2. The highest BCUT2D eigenvalue weighted by Crippen LogP contribution is 2.13. The van der Waals surface area contributed by atoms with Gasteiger partial charge in [0.25, 0.3) is 0 Å². The molecule has 0 spiro atoms. The van der Waals surface area contributed by atoms with Gasteiger partial charge < -0.3 is 10.6 Å². The Balaban J connectivity index is 1.91.